The number of benzene rings is 2. The molecule has 1 heterocycles. The zero-order valence-electron chi connectivity index (χ0n) is 22.1. The molecule has 2 aliphatic rings. The fraction of sp³-hybridized carbons (Fsp3) is 0.500. The number of carbonyl (C=O) groups is 2. The van der Waals surface area contributed by atoms with Gasteiger partial charge in [-0.05, 0) is 43.4 Å². The van der Waals surface area contributed by atoms with Gasteiger partial charge in [-0.1, -0.05) is 50.1 Å². The lowest BCUT2D eigenvalue weighted by molar-refractivity contribution is -0.139. The molecule has 1 fully saturated rings. The molecule has 1 atom stereocenters. The van der Waals surface area contributed by atoms with Crippen LogP contribution in [0.25, 0.3) is 0 Å². The average Bonchev–Trinajstić information content (AvgIpc) is 3.42. The number of fused-ring (bicyclic) bond motifs is 1. The van der Waals surface area contributed by atoms with E-state index in [0.717, 1.165) is 41.8 Å². The molecule has 1 N–H and O–H groups in total. The second-order valence-electron chi connectivity index (χ2n) is 9.83. The van der Waals surface area contributed by atoms with E-state index in [1.165, 1.54) is 4.90 Å². The molecule has 1 saturated carbocycles. The van der Waals surface area contributed by atoms with Crippen LogP contribution in [0.2, 0.25) is 0 Å². The van der Waals surface area contributed by atoms with Crippen LogP contribution in [-0.4, -0.2) is 69.8 Å². The van der Waals surface area contributed by atoms with Crippen LogP contribution >= 0.6 is 0 Å². The van der Waals surface area contributed by atoms with Gasteiger partial charge in [0.15, 0.2) is 11.5 Å². The normalized spacial score (nSPS) is 16.1. The van der Waals surface area contributed by atoms with Gasteiger partial charge in [0, 0.05) is 18.7 Å². The zero-order valence-corrected chi connectivity index (χ0v) is 22.9. The van der Waals surface area contributed by atoms with Crippen LogP contribution in [0.5, 0.6) is 11.5 Å². The molecule has 0 saturated heterocycles. The van der Waals surface area contributed by atoms with Gasteiger partial charge in [-0.15, -0.1) is 0 Å². The molecule has 206 valence electrons. The van der Waals surface area contributed by atoms with E-state index in [-0.39, 0.29) is 18.5 Å². The maximum atomic E-state index is 13.8. The first-order chi connectivity index (χ1) is 18.3. The molecule has 38 heavy (non-hydrogen) atoms. The van der Waals surface area contributed by atoms with E-state index in [1.807, 2.05) is 37.3 Å². The van der Waals surface area contributed by atoms with Crippen LogP contribution in [0.1, 0.15) is 44.6 Å². The summed E-state index contributed by atoms with van der Waals surface area (Å²) in [6.07, 6.45) is 6.06. The van der Waals surface area contributed by atoms with E-state index in [9.17, 15) is 18.0 Å². The molecule has 9 nitrogen and oxygen atoms in total. The van der Waals surface area contributed by atoms with Crippen molar-refractivity contribution in [2.75, 3.05) is 36.9 Å². The maximum Gasteiger partial charge on any atom is 0.244 e. The molecule has 0 bridgehead atoms. The fourth-order valence-corrected chi connectivity index (χ4v) is 5.91. The summed E-state index contributed by atoms with van der Waals surface area (Å²) in [7, 11) is -3.82. The van der Waals surface area contributed by atoms with Crippen molar-refractivity contribution in [3.05, 3.63) is 54.1 Å². The zero-order chi connectivity index (χ0) is 27.1. The van der Waals surface area contributed by atoms with E-state index in [4.69, 9.17) is 9.47 Å². The summed E-state index contributed by atoms with van der Waals surface area (Å²) < 4.78 is 37.9. The first-order valence-electron chi connectivity index (χ1n) is 13.3. The molecule has 1 aliphatic heterocycles. The van der Waals surface area contributed by atoms with E-state index >= 15 is 0 Å². The number of hydrogen-bond acceptors (Lipinski definition) is 6. The summed E-state index contributed by atoms with van der Waals surface area (Å²) in [5.41, 5.74) is 1.33. The molecule has 0 spiro atoms. The first-order valence-corrected chi connectivity index (χ1v) is 15.1. The maximum absolute atomic E-state index is 13.8. The largest absolute Gasteiger partial charge is 0.486 e. The molecule has 0 radical (unpaired) electrons. The van der Waals surface area contributed by atoms with Crippen LogP contribution < -0.4 is 19.1 Å². The van der Waals surface area contributed by atoms with Gasteiger partial charge in [0.25, 0.3) is 0 Å². The summed E-state index contributed by atoms with van der Waals surface area (Å²) in [6.45, 7) is 2.50. The van der Waals surface area contributed by atoms with Crippen molar-refractivity contribution in [3.8, 4) is 11.5 Å². The summed E-state index contributed by atoms with van der Waals surface area (Å²) in [5, 5.41) is 3.12. The molecular formula is C28H37N3O6S. The molecule has 0 aromatic heterocycles. The van der Waals surface area contributed by atoms with Crippen molar-refractivity contribution >= 4 is 27.5 Å². The number of hydrogen-bond donors (Lipinski definition) is 1. The minimum Gasteiger partial charge on any atom is -0.486 e. The third kappa shape index (κ3) is 6.98. The molecule has 1 aliphatic carbocycles. The molecular weight excluding hydrogens is 506 g/mol. The van der Waals surface area contributed by atoms with E-state index < -0.39 is 28.5 Å². The monoisotopic (exact) mass is 543 g/mol. The number of ether oxygens (including phenoxy) is 2. The van der Waals surface area contributed by atoms with Crippen molar-refractivity contribution < 1.29 is 27.5 Å². The summed E-state index contributed by atoms with van der Waals surface area (Å²) in [5.74, 6) is 0.331. The van der Waals surface area contributed by atoms with Gasteiger partial charge < -0.3 is 19.7 Å². The van der Waals surface area contributed by atoms with Crippen LogP contribution in [-0.2, 0) is 26.0 Å². The van der Waals surface area contributed by atoms with Gasteiger partial charge in [-0.25, -0.2) is 8.42 Å². The van der Waals surface area contributed by atoms with E-state index in [2.05, 4.69) is 5.32 Å². The van der Waals surface area contributed by atoms with Gasteiger partial charge in [0.1, 0.15) is 25.8 Å². The van der Waals surface area contributed by atoms with E-state index in [1.54, 1.807) is 18.2 Å². The van der Waals surface area contributed by atoms with Gasteiger partial charge in [0.05, 0.1) is 11.9 Å². The molecule has 10 heteroatoms. The van der Waals surface area contributed by atoms with Gasteiger partial charge in [0.2, 0.25) is 21.8 Å². The van der Waals surface area contributed by atoms with Crippen molar-refractivity contribution in [2.45, 2.75) is 57.5 Å². The summed E-state index contributed by atoms with van der Waals surface area (Å²) in [6, 6.07) is 14.0. The Morgan fingerprint density at radius 1 is 1.03 bits per heavy atom. The highest BCUT2D eigenvalue weighted by atomic mass is 32.2. The third-order valence-electron chi connectivity index (χ3n) is 7.06. The predicted octanol–water partition coefficient (Wildman–Crippen LogP) is 3.13. The number of sulfonamides is 1. The molecule has 2 aromatic carbocycles. The standard InChI is InChI=1S/C28H37N3O6S/c1-3-24(28(33)29-22-11-7-8-12-22)30(16-15-21-9-5-4-6-10-21)27(32)20-31(38(2,34)35)23-13-14-25-26(19-23)37-18-17-36-25/h4-6,9-10,13-14,19,22,24H,3,7-8,11-12,15-18,20H2,1-2H3,(H,29,33)/t24-/m1/s1. The SMILES string of the molecule is CC[C@H](C(=O)NC1CCCC1)N(CCc1ccccc1)C(=O)CN(c1ccc2c(c1)OCCO2)S(C)(=O)=O. The molecule has 2 amide bonds. The minimum absolute atomic E-state index is 0.118. The second kappa shape index (κ2) is 12.5. The molecule has 4 rings (SSSR count). The van der Waals surface area contributed by atoms with Gasteiger partial charge in [-0.2, -0.15) is 0 Å². The molecule has 0 unspecified atom stereocenters. The number of anilines is 1. The topological polar surface area (TPSA) is 105 Å². The lowest BCUT2D eigenvalue weighted by atomic mass is 10.1. The van der Waals surface area contributed by atoms with Crippen molar-refractivity contribution in [3.63, 3.8) is 0 Å². The van der Waals surface area contributed by atoms with E-state index in [0.29, 0.717) is 43.2 Å². The second-order valence-corrected chi connectivity index (χ2v) is 11.7. The van der Waals surface area contributed by atoms with Gasteiger partial charge in [-0.3, -0.25) is 13.9 Å². The number of rotatable bonds is 11. The number of carbonyl (C=O) groups excluding carboxylic acids is 2. The van der Waals surface area contributed by atoms with Crippen molar-refractivity contribution in [1.29, 1.82) is 0 Å². The van der Waals surface area contributed by atoms with Crippen LogP contribution in [0.3, 0.4) is 0 Å². The Kier molecular flexibility index (Phi) is 9.14. The quantitative estimate of drug-likeness (QED) is 0.467. The van der Waals surface area contributed by atoms with Crippen LogP contribution in [0.4, 0.5) is 5.69 Å². The van der Waals surface area contributed by atoms with Gasteiger partial charge >= 0.3 is 0 Å². The summed E-state index contributed by atoms with van der Waals surface area (Å²) >= 11 is 0. The Morgan fingerprint density at radius 3 is 2.37 bits per heavy atom. The lowest BCUT2D eigenvalue weighted by Gasteiger charge is -2.33. The number of amides is 2. The lowest BCUT2D eigenvalue weighted by Crippen LogP contribution is -2.54. The van der Waals surface area contributed by atoms with Crippen LogP contribution in [0.15, 0.2) is 48.5 Å². The third-order valence-corrected chi connectivity index (χ3v) is 8.21. The summed E-state index contributed by atoms with van der Waals surface area (Å²) in [4.78, 5) is 28.7. The number of nitrogens with one attached hydrogen (secondary N) is 1. The highest BCUT2D eigenvalue weighted by Crippen LogP contribution is 2.34. The minimum atomic E-state index is -3.82. The van der Waals surface area contributed by atoms with Crippen molar-refractivity contribution in [1.82, 2.24) is 10.2 Å². The highest BCUT2D eigenvalue weighted by molar-refractivity contribution is 7.92. The molecule has 2 aromatic rings. The Morgan fingerprint density at radius 2 is 1.71 bits per heavy atom. The smallest absolute Gasteiger partial charge is 0.244 e. The van der Waals surface area contributed by atoms with Crippen molar-refractivity contribution in [2.24, 2.45) is 0 Å². The fourth-order valence-electron chi connectivity index (χ4n) is 5.06. The highest BCUT2D eigenvalue weighted by Gasteiger charge is 2.33. The Hall–Kier alpha value is -3.27. The predicted molar refractivity (Wildman–Crippen MR) is 146 cm³/mol. The Bertz CT molecular complexity index is 1210. The number of nitrogens with zero attached hydrogens (tertiary/aromatic N) is 2. The Labute approximate surface area is 225 Å². The van der Waals surface area contributed by atoms with Crippen LogP contribution in [0, 0.1) is 0 Å². The first kappa shape index (κ1) is 27.8. The Balaban J connectivity index is 1.58. The average molecular weight is 544 g/mol.